The van der Waals surface area contributed by atoms with Gasteiger partial charge in [-0.2, -0.15) is 10.1 Å². The number of nitrogens with zero attached hydrogens (tertiary/aromatic N) is 5. The number of rotatable bonds is 6. The van der Waals surface area contributed by atoms with Crippen LogP contribution in [0, 0.1) is 5.82 Å². The maximum Gasteiger partial charge on any atom is 0.245 e. The Morgan fingerprint density at radius 3 is 2.42 bits per heavy atom. The Morgan fingerprint density at radius 2 is 1.67 bits per heavy atom. The topological polar surface area (TPSA) is 114 Å². The summed E-state index contributed by atoms with van der Waals surface area (Å²) in [5.41, 5.74) is 4.47. The molecule has 9 nitrogen and oxygen atoms in total. The first kappa shape index (κ1) is 20.9. The van der Waals surface area contributed by atoms with E-state index in [4.69, 9.17) is 27.6 Å². The van der Waals surface area contributed by atoms with Crippen molar-refractivity contribution in [2.45, 2.75) is 0 Å². The summed E-state index contributed by atoms with van der Waals surface area (Å²) >= 11 is 12.2. The molecule has 12 heteroatoms. The van der Waals surface area contributed by atoms with Crippen LogP contribution in [0.15, 0.2) is 68.7 Å². The van der Waals surface area contributed by atoms with Crippen LogP contribution in [-0.2, 0) is 0 Å². The van der Waals surface area contributed by atoms with Gasteiger partial charge in [-0.1, -0.05) is 23.2 Å². The Morgan fingerprint density at radius 1 is 0.909 bits per heavy atom. The van der Waals surface area contributed by atoms with Gasteiger partial charge in [0, 0.05) is 16.3 Å². The third kappa shape index (κ3) is 4.61. The van der Waals surface area contributed by atoms with E-state index in [0.29, 0.717) is 32.8 Å². The minimum atomic E-state index is -0.358. The Kier molecular flexibility index (Phi) is 5.59. The summed E-state index contributed by atoms with van der Waals surface area (Å²) < 4.78 is 23.7. The van der Waals surface area contributed by atoms with Crippen LogP contribution >= 0.6 is 23.2 Å². The Hall–Kier alpha value is -4.02. The number of benzene rings is 2. The summed E-state index contributed by atoms with van der Waals surface area (Å²) in [6.45, 7) is 0. The third-order valence-electron chi connectivity index (χ3n) is 4.41. The van der Waals surface area contributed by atoms with E-state index in [-0.39, 0.29) is 28.7 Å². The first-order chi connectivity index (χ1) is 16.0. The molecule has 0 aliphatic heterocycles. The maximum absolute atomic E-state index is 13.2. The van der Waals surface area contributed by atoms with Gasteiger partial charge in [-0.05, 0) is 64.9 Å². The van der Waals surface area contributed by atoms with Crippen molar-refractivity contribution in [1.82, 2.24) is 20.3 Å². The third-order valence-corrected chi connectivity index (χ3v) is 4.95. The highest BCUT2D eigenvalue weighted by Crippen LogP contribution is 2.31. The van der Waals surface area contributed by atoms with Crippen molar-refractivity contribution < 1.29 is 13.4 Å². The number of fused-ring (bicyclic) bond motifs is 1. The molecule has 2 N–H and O–H groups in total. The van der Waals surface area contributed by atoms with Crippen LogP contribution in [0.3, 0.4) is 0 Å². The molecule has 2 aromatic carbocycles. The molecule has 0 fully saturated rings. The zero-order valence-electron chi connectivity index (χ0n) is 16.5. The molecule has 5 rings (SSSR count). The monoisotopic (exact) mass is 483 g/mol. The van der Waals surface area contributed by atoms with Gasteiger partial charge in [-0.15, -0.1) is 0 Å². The van der Waals surface area contributed by atoms with Gasteiger partial charge in [0.05, 0.1) is 11.2 Å². The van der Waals surface area contributed by atoms with E-state index in [2.05, 4.69) is 40.8 Å². The Bertz CT molecular complexity index is 1470. The fourth-order valence-electron chi connectivity index (χ4n) is 2.89. The molecule has 0 aliphatic rings. The predicted molar refractivity (Wildman–Crippen MR) is 122 cm³/mol. The van der Waals surface area contributed by atoms with Crippen LogP contribution in [0.2, 0.25) is 10.0 Å². The van der Waals surface area contributed by atoms with Gasteiger partial charge in [0.15, 0.2) is 11.6 Å². The lowest BCUT2D eigenvalue weighted by Gasteiger charge is -2.09. The number of nitrogens with one attached hydrogen (secondary N) is 2. The van der Waals surface area contributed by atoms with E-state index < -0.39 is 0 Å². The largest absolute Gasteiger partial charge is 0.455 e. The van der Waals surface area contributed by atoms with Gasteiger partial charge in [-0.3, -0.25) is 5.43 Å². The average Bonchev–Trinajstić information content (AvgIpc) is 3.45. The molecule has 5 aromatic rings. The zero-order valence-corrected chi connectivity index (χ0v) is 18.0. The molecule has 33 heavy (non-hydrogen) atoms. The fourth-order valence-corrected chi connectivity index (χ4v) is 3.39. The van der Waals surface area contributed by atoms with Crippen molar-refractivity contribution in [3.8, 4) is 11.3 Å². The number of aromatic nitrogens is 4. The maximum atomic E-state index is 13.2. The average molecular weight is 484 g/mol. The number of halogens is 3. The minimum absolute atomic E-state index is 0.190. The van der Waals surface area contributed by atoms with Crippen LogP contribution in [0.5, 0.6) is 0 Å². The molecular formula is C21H12Cl2FN7O2. The van der Waals surface area contributed by atoms with Gasteiger partial charge < -0.3 is 9.73 Å². The van der Waals surface area contributed by atoms with E-state index in [0.717, 1.165) is 0 Å². The van der Waals surface area contributed by atoms with E-state index >= 15 is 0 Å². The molecule has 3 heterocycles. The quantitative estimate of drug-likeness (QED) is 0.226. The summed E-state index contributed by atoms with van der Waals surface area (Å²) in [5.74, 6) is 1.20. The smallest absolute Gasteiger partial charge is 0.245 e. The number of hydrogen-bond acceptors (Lipinski definition) is 9. The van der Waals surface area contributed by atoms with Crippen LogP contribution < -0.4 is 10.7 Å². The highest BCUT2D eigenvalue weighted by molar-refractivity contribution is 6.36. The summed E-state index contributed by atoms with van der Waals surface area (Å²) in [7, 11) is 0. The number of furan rings is 1. The van der Waals surface area contributed by atoms with Crippen LogP contribution in [0.4, 0.5) is 21.7 Å². The minimum Gasteiger partial charge on any atom is -0.455 e. The molecule has 0 unspecified atom stereocenters. The van der Waals surface area contributed by atoms with Crippen LogP contribution in [-0.4, -0.2) is 26.5 Å². The molecule has 3 aromatic heterocycles. The second kappa shape index (κ2) is 8.85. The van der Waals surface area contributed by atoms with Crippen molar-refractivity contribution >= 4 is 58.0 Å². The second-order valence-electron chi connectivity index (χ2n) is 6.66. The van der Waals surface area contributed by atoms with Crippen molar-refractivity contribution in [2.75, 3.05) is 10.7 Å². The summed E-state index contributed by atoms with van der Waals surface area (Å²) in [6.07, 6.45) is 1.46. The summed E-state index contributed by atoms with van der Waals surface area (Å²) in [6, 6.07) is 14.4. The van der Waals surface area contributed by atoms with Gasteiger partial charge in [0.2, 0.25) is 11.3 Å². The first-order valence-electron chi connectivity index (χ1n) is 9.42. The van der Waals surface area contributed by atoms with E-state index in [1.165, 1.54) is 18.3 Å². The first-order valence-corrected chi connectivity index (χ1v) is 10.2. The standard InChI is InChI=1S/C21H12Cl2FN7O2/c22-11-1-7-15(16(23)9-11)17-8-6-14(32-17)10-25-29-19-18(26-13-4-2-12(24)3-5-13)27-20-21(28-19)31-33-30-20/h1-10H,(H,26,27,30)(H,28,29,31)/b25-10-. The van der Waals surface area contributed by atoms with E-state index in [1.54, 1.807) is 42.5 Å². The fraction of sp³-hybridized carbons (Fsp3) is 0. The van der Waals surface area contributed by atoms with Gasteiger partial charge >= 0.3 is 0 Å². The van der Waals surface area contributed by atoms with E-state index in [1.807, 2.05) is 0 Å². The Labute approximate surface area is 195 Å². The lowest BCUT2D eigenvalue weighted by Crippen LogP contribution is -2.03. The van der Waals surface area contributed by atoms with Crippen LogP contribution in [0.25, 0.3) is 22.6 Å². The molecule has 0 bridgehead atoms. The summed E-state index contributed by atoms with van der Waals surface area (Å²) in [5, 5.41) is 15.6. The molecule has 0 spiro atoms. The SMILES string of the molecule is Fc1ccc(Nc2nc3nonc3nc2N/N=C\c2ccc(-c3ccc(Cl)cc3Cl)o2)cc1. The van der Waals surface area contributed by atoms with Gasteiger partial charge in [0.1, 0.15) is 17.3 Å². The van der Waals surface area contributed by atoms with Gasteiger partial charge in [0.25, 0.3) is 0 Å². The molecule has 0 saturated carbocycles. The number of hydrogen-bond donors (Lipinski definition) is 2. The Balaban J connectivity index is 1.38. The molecule has 0 aliphatic carbocycles. The zero-order chi connectivity index (χ0) is 22.8. The number of anilines is 3. The van der Waals surface area contributed by atoms with Gasteiger partial charge in [-0.25, -0.2) is 14.0 Å². The lowest BCUT2D eigenvalue weighted by atomic mass is 10.2. The van der Waals surface area contributed by atoms with E-state index in [9.17, 15) is 4.39 Å². The molecule has 0 saturated heterocycles. The van der Waals surface area contributed by atoms with Crippen molar-refractivity contribution in [3.63, 3.8) is 0 Å². The molecule has 164 valence electrons. The van der Waals surface area contributed by atoms with Crippen LogP contribution in [0.1, 0.15) is 5.76 Å². The highest BCUT2D eigenvalue weighted by Gasteiger charge is 2.13. The molecule has 0 amide bonds. The normalized spacial score (nSPS) is 11.4. The molecular weight excluding hydrogens is 472 g/mol. The predicted octanol–water partition coefficient (Wildman–Crippen LogP) is 5.91. The van der Waals surface area contributed by atoms with Crippen molar-refractivity contribution in [1.29, 1.82) is 0 Å². The molecule has 0 radical (unpaired) electrons. The van der Waals surface area contributed by atoms with Crippen molar-refractivity contribution in [3.05, 3.63) is 76.2 Å². The number of hydrazone groups is 1. The second-order valence-corrected chi connectivity index (χ2v) is 7.50. The summed E-state index contributed by atoms with van der Waals surface area (Å²) in [4.78, 5) is 8.62. The lowest BCUT2D eigenvalue weighted by molar-refractivity contribution is 0.314. The van der Waals surface area contributed by atoms with Crippen molar-refractivity contribution in [2.24, 2.45) is 5.10 Å². The highest BCUT2D eigenvalue weighted by atomic mass is 35.5. The molecule has 0 atom stereocenters.